The van der Waals surface area contributed by atoms with E-state index in [1.54, 1.807) is 0 Å². The van der Waals surface area contributed by atoms with Crippen molar-refractivity contribution in [3.8, 4) is 0 Å². The van der Waals surface area contributed by atoms with Crippen LogP contribution in [0.2, 0.25) is 0 Å². The third-order valence-corrected chi connectivity index (χ3v) is 0.879. The summed E-state index contributed by atoms with van der Waals surface area (Å²) in [5.41, 5.74) is 0. The van der Waals surface area contributed by atoms with Gasteiger partial charge in [0.1, 0.15) is 0 Å². The molecule has 42 valence electrons. The third kappa shape index (κ3) is 5.82. The van der Waals surface area contributed by atoms with E-state index in [9.17, 15) is 4.79 Å². The Bertz CT molecular complexity index is 49.0. The van der Waals surface area contributed by atoms with Gasteiger partial charge < -0.3 is 5.32 Å². The molecular formula is C4H9NOS. The first-order chi connectivity index (χ1) is 3.41. The molecule has 2 nitrogen and oxygen atoms in total. The lowest BCUT2D eigenvalue weighted by Crippen LogP contribution is -2.11. The third-order valence-electron chi connectivity index (χ3n) is 0.563. The minimum Gasteiger partial charge on any atom is -0.359 e. The summed E-state index contributed by atoms with van der Waals surface area (Å²) in [5, 5.41) is 2.52. The molecule has 1 amide bonds. The summed E-state index contributed by atoms with van der Waals surface area (Å²) in [6.07, 6.45) is 1.64. The van der Waals surface area contributed by atoms with E-state index in [0.717, 1.165) is 18.7 Å². The highest BCUT2D eigenvalue weighted by Crippen LogP contribution is 1.77. The van der Waals surface area contributed by atoms with Crippen molar-refractivity contribution in [1.29, 1.82) is 0 Å². The largest absolute Gasteiger partial charge is 0.359 e. The minimum atomic E-state index is 0.698. The number of nitrogens with one attached hydrogen (secondary N) is 1. The van der Waals surface area contributed by atoms with Gasteiger partial charge in [0.15, 0.2) is 0 Å². The van der Waals surface area contributed by atoms with Crippen molar-refractivity contribution in [2.24, 2.45) is 0 Å². The highest BCUT2D eigenvalue weighted by atomic mass is 32.1. The van der Waals surface area contributed by atoms with Crippen molar-refractivity contribution >= 4 is 19.0 Å². The molecule has 0 aromatic heterocycles. The van der Waals surface area contributed by atoms with E-state index in [1.165, 1.54) is 0 Å². The fourth-order valence-corrected chi connectivity index (χ4v) is 0.398. The van der Waals surface area contributed by atoms with E-state index in [-0.39, 0.29) is 0 Å². The Kier molecular flexibility index (Phi) is 5.67. The predicted molar refractivity (Wildman–Crippen MR) is 32.5 cm³/mol. The Morgan fingerprint density at radius 3 is 2.86 bits per heavy atom. The fraction of sp³-hybridized carbons (Fsp3) is 0.750. The molecule has 0 saturated heterocycles. The molecule has 0 atom stereocenters. The van der Waals surface area contributed by atoms with E-state index in [2.05, 4.69) is 17.9 Å². The highest BCUT2D eigenvalue weighted by molar-refractivity contribution is 7.80. The summed E-state index contributed by atoms with van der Waals surface area (Å²) in [4.78, 5) is 9.54. The molecule has 7 heavy (non-hydrogen) atoms. The Balaban J connectivity index is 2.56. The maximum absolute atomic E-state index is 9.54. The second-order valence-electron chi connectivity index (χ2n) is 1.15. The van der Waals surface area contributed by atoms with Gasteiger partial charge in [0.25, 0.3) is 0 Å². The number of rotatable bonds is 4. The van der Waals surface area contributed by atoms with Crippen molar-refractivity contribution < 1.29 is 4.79 Å². The summed E-state index contributed by atoms with van der Waals surface area (Å²) < 4.78 is 0. The SMILES string of the molecule is O=CNCCCS. The Labute approximate surface area is 48.7 Å². The zero-order valence-corrected chi connectivity index (χ0v) is 4.95. The van der Waals surface area contributed by atoms with E-state index in [0.29, 0.717) is 6.41 Å². The van der Waals surface area contributed by atoms with E-state index in [4.69, 9.17) is 0 Å². The fourth-order valence-electron chi connectivity index (χ4n) is 0.240. The van der Waals surface area contributed by atoms with Crippen LogP contribution in [0, 0.1) is 0 Å². The van der Waals surface area contributed by atoms with Gasteiger partial charge in [-0.2, -0.15) is 12.6 Å². The van der Waals surface area contributed by atoms with Gasteiger partial charge in [-0.1, -0.05) is 0 Å². The topological polar surface area (TPSA) is 29.1 Å². The monoisotopic (exact) mass is 119 g/mol. The molecule has 0 rings (SSSR count). The number of carbonyl (C=O) groups is 1. The van der Waals surface area contributed by atoms with Gasteiger partial charge >= 0.3 is 0 Å². The molecule has 0 aliphatic rings. The summed E-state index contributed by atoms with van der Waals surface area (Å²) in [7, 11) is 0. The van der Waals surface area contributed by atoms with Gasteiger partial charge in [-0.3, -0.25) is 4.79 Å². The van der Waals surface area contributed by atoms with Crippen LogP contribution in [0.25, 0.3) is 0 Å². The first-order valence-electron chi connectivity index (χ1n) is 2.19. The summed E-state index contributed by atoms with van der Waals surface area (Å²) in [5.74, 6) is 0.834. The lowest BCUT2D eigenvalue weighted by molar-refractivity contribution is -0.109. The second-order valence-corrected chi connectivity index (χ2v) is 1.60. The molecule has 1 N–H and O–H groups in total. The van der Waals surface area contributed by atoms with E-state index < -0.39 is 0 Å². The number of hydrogen-bond acceptors (Lipinski definition) is 2. The van der Waals surface area contributed by atoms with E-state index >= 15 is 0 Å². The van der Waals surface area contributed by atoms with Gasteiger partial charge in [0.2, 0.25) is 6.41 Å². The average molecular weight is 119 g/mol. The van der Waals surface area contributed by atoms with Crippen molar-refractivity contribution in [2.75, 3.05) is 12.3 Å². The molecule has 3 heteroatoms. The quantitative estimate of drug-likeness (QED) is 0.306. The van der Waals surface area contributed by atoms with Crippen molar-refractivity contribution in [2.45, 2.75) is 6.42 Å². The Hall–Kier alpha value is -0.180. The van der Waals surface area contributed by atoms with Crippen molar-refractivity contribution in [1.82, 2.24) is 5.32 Å². The molecule has 0 bridgehead atoms. The summed E-state index contributed by atoms with van der Waals surface area (Å²) >= 11 is 3.94. The molecule has 0 aromatic carbocycles. The first-order valence-corrected chi connectivity index (χ1v) is 2.83. The smallest absolute Gasteiger partial charge is 0.207 e. The molecule has 0 radical (unpaired) electrons. The molecule has 0 aromatic rings. The van der Waals surface area contributed by atoms with Crippen LogP contribution in [0.15, 0.2) is 0 Å². The zero-order chi connectivity index (χ0) is 5.54. The molecule has 0 spiro atoms. The zero-order valence-electron chi connectivity index (χ0n) is 4.05. The normalized spacial score (nSPS) is 8.14. The van der Waals surface area contributed by atoms with Crippen LogP contribution in [0.3, 0.4) is 0 Å². The van der Waals surface area contributed by atoms with E-state index in [1.807, 2.05) is 0 Å². The summed E-state index contributed by atoms with van der Waals surface area (Å²) in [6, 6.07) is 0. The van der Waals surface area contributed by atoms with Crippen LogP contribution in [0.4, 0.5) is 0 Å². The lowest BCUT2D eigenvalue weighted by atomic mass is 10.5. The molecule has 0 heterocycles. The highest BCUT2D eigenvalue weighted by Gasteiger charge is 1.77. The number of carbonyl (C=O) groups excluding carboxylic acids is 1. The van der Waals surface area contributed by atoms with Gasteiger partial charge in [0.05, 0.1) is 0 Å². The number of amides is 1. The number of hydrogen-bond donors (Lipinski definition) is 2. The van der Waals surface area contributed by atoms with Crippen LogP contribution in [-0.4, -0.2) is 18.7 Å². The lowest BCUT2D eigenvalue weighted by Gasteiger charge is -1.90. The van der Waals surface area contributed by atoms with Gasteiger partial charge in [-0.15, -0.1) is 0 Å². The van der Waals surface area contributed by atoms with Crippen LogP contribution in [0.5, 0.6) is 0 Å². The maximum Gasteiger partial charge on any atom is 0.207 e. The second kappa shape index (κ2) is 5.82. The van der Waals surface area contributed by atoms with Gasteiger partial charge in [-0.25, -0.2) is 0 Å². The van der Waals surface area contributed by atoms with Gasteiger partial charge in [0, 0.05) is 6.54 Å². The molecule has 0 fully saturated rings. The van der Waals surface area contributed by atoms with Crippen LogP contribution in [0.1, 0.15) is 6.42 Å². The summed E-state index contributed by atoms with van der Waals surface area (Å²) in [6.45, 7) is 0.743. The van der Waals surface area contributed by atoms with Crippen LogP contribution >= 0.6 is 12.6 Å². The number of thiol groups is 1. The first kappa shape index (κ1) is 6.82. The predicted octanol–water partition coefficient (Wildman–Crippen LogP) is 0.0523. The molecule has 0 saturated carbocycles. The van der Waals surface area contributed by atoms with Crippen LogP contribution < -0.4 is 5.32 Å². The maximum atomic E-state index is 9.54. The average Bonchev–Trinajstić information content (AvgIpc) is 1.69. The minimum absolute atomic E-state index is 0.698. The van der Waals surface area contributed by atoms with Crippen molar-refractivity contribution in [3.63, 3.8) is 0 Å². The molecule has 0 aliphatic carbocycles. The Morgan fingerprint density at radius 1 is 1.71 bits per heavy atom. The Morgan fingerprint density at radius 2 is 2.43 bits per heavy atom. The standard InChI is InChI=1S/C4H9NOS/c6-4-5-2-1-3-7/h4,7H,1-3H2,(H,5,6). The van der Waals surface area contributed by atoms with Crippen LogP contribution in [-0.2, 0) is 4.79 Å². The molecule has 0 unspecified atom stereocenters. The van der Waals surface area contributed by atoms with Crippen molar-refractivity contribution in [3.05, 3.63) is 0 Å². The van der Waals surface area contributed by atoms with Gasteiger partial charge in [-0.05, 0) is 12.2 Å². The molecular weight excluding hydrogens is 110 g/mol. The molecule has 0 aliphatic heterocycles.